The molecule has 0 saturated carbocycles. The summed E-state index contributed by atoms with van der Waals surface area (Å²) in [6, 6.07) is 8.88. The Labute approximate surface area is 136 Å². The molecule has 22 heavy (non-hydrogen) atoms. The maximum Gasteiger partial charge on any atom is -0.00748 e. The molecule has 1 aromatic carbocycles. The van der Waals surface area contributed by atoms with Crippen molar-refractivity contribution in [3.05, 3.63) is 83.5 Å². The Morgan fingerprint density at radius 2 is 1.82 bits per heavy atom. The van der Waals surface area contributed by atoms with Crippen LogP contribution in [-0.2, 0) is 6.42 Å². The van der Waals surface area contributed by atoms with Gasteiger partial charge in [-0.2, -0.15) is 0 Å². The molecule has 1 unspecified atom stereocenters. The van der Waals surface area contributed by atoms with Crippen molar-refractivity contribution in [3.63, 3.8) is 0 Å². The summed E-state index contributed by atoms with van der Waals surface area (Å²) in [7, 11) is 0. The molecule has 0 bridgehead atoms. The summed E-state index contributed by atoms with van der Waals surface area (Å²) in [6.45, 7) is 17.5. The first-order chi connectivity index (χ1) is 10.3. The van der Waals surface area contributed by atoms with Crippen LogP contribution in [0.25, 0.3) is 0 Å². The van der Waals surface area contributed by atoms with Gasteiger partial charge in [-0.3, -0.25) is 0 Å². The van der Waals surface area contributed by atoms with Crippen molar-refractivity contribution in [2.75, 3.05) is 0 Å². The molecule has 0 amide bonds. The average molecular weight is 292 g/mol. The molecule has 1 atom stereocenters. The van der Waals surface area contributed by atoms with Crippen LogP contribution in [0.15, 0.2) is 72.4 Å². The topological polar surface area (TPSA) is 0 Å². The van der Waals surface area contributed by atoms with E-state index in [1.165, 1.54) is 27.8 Å². The molecule has 1 aliphatic rings. The summed E-state index contributed by atoms with van der Waals surface area (Å²) in [5.74, 6) is 0.530. The van der Waals surface area contributed by atoms with E-state index in [0.29, 0.717) is 5.92 Å². The third-order valence-corrected chi connectivity index (χ3v) is 5.10. The molecule has 1 aromatic rings. The van der Waals surface area contributed by atoms with Crippen molar-refractivity contribution in [2.45, 2.75) is 40.5 Å². The van der Waals surface area contributed by atoms with Crippen molar-refractivity contribution in [1.82, 2.24) is 0 Å². The first-order valence-corrected chi connectivity index (χ1v) is 8.12. The quantitative estimate of drug-likeness (QED) is 0.606. The summed E-state index contributed by atoms with van der Waals surface area (Å²) in [5, 5.41) is 0. The SMILES string of the molecule is C=C1C=CC(C(=C)C(C)(C)C(C)Cc2ccc(C)cc2)=CC1. The molecule has 0 nitrogen and oxygen atoms in total. The first kappa shape index (κ1) is 16.5. The highest BCUT2D eigenvalue weighted by atomic mass is 14.3. The molecule has 0 heteroatoms. The van der Waals surface area contributed by atoms with E-state index in [2.05, 4.69) is 83.3 Å². The molecule has 0 aliphatic heterocycles. The average Bonchev–Trinajstić information content (AvgIpc) is 2.49. The van der Waals surface area contributed by atoms with Gasteiger partial charge in [0.15, 0.2) is 0 Å². The Morgan fingerprint density at radius 1 is 1.18 bits per heavy atom. The van der Waals surface area contributed by atoms with Crippen molar-refractivity contribution in [2.24, 2.45) is 11.3 Å². The lowest BCUT2D eigenvalue weighted by Gasteiger charge is -2.35. The smallest absolute Gasteiger partial charge is 0.00748 e. The predicted octanol–water partition coefficient (Wildman–Crippen LogP) is 6.20. The van der Waals surface area contributed by atoms with Gasteiger partial charge in [0, 0.05) is 0 Å². The molecule has 0 spiro atoms. The van der Waals surface area contributed by atoms with Gasteiger partial charge >= 0.3 is 0 Å². The Bertz CT molecular complexity index is 621. The maximum absolute atomic E-state index is 4.40. The number of hydrogen-bond donors (Lipinski definition) is 0. The molecule has 0 aromatic heterocycles. The fourth-order valence-corrected chi connectivity index (χ4v) is 2.81. The fraction of sp³-hybridized carbons (Fsp3) is 0.364. The maximum atomic E-state index is 4.40. The van der Waals surface area contributed by atoms with Gasteiger partial charge in [-0.1, -0.05) is 87.6 Å². The lowest BCUT2D eigenvalue weighted by atomic mass is 9.69. The van der Waals surface area contributed by atoms with Crippen LogP contribution in [0.1, 0.15) is 38.3 Å². The van der Waals surface area contributed by atoms with Crippen molar-refractivity contribution in [3.8, 4) is 0 Å². The summed E-state index contributed by atoms with van der Waals surface area (Å²) in [4.78, 5) is 0. The third kappa shape index (κ3) is 3.68. The zero-order valence-electron chi connectivity index (χ0n) is 14.4. The van der Waals surface area contributed by atoms with Crippen LogP contribution in [0.4, 0.5) is 0 Å². The lowest BCUT2D eigenvalue weighted by Crippen LogP contribution is -2.26. The van der Waals surface area contributed by atoms with Gasteiger partial charge in [-0.05, 0) is 47.8 Å². The third-order valence-electron chi connectivity index (χ3n) is 5.10. The largest absolute Gasteiger partial charge is 0.0955 e. The van der Waals surface area contributed by atoms with E-state index in [4.69, 9.17) is 0 Å². The van der Waals surface area contributed by atoms with Crippen LogP contribution in [0, 0.1) is 18.3 Å². The van der Waals surface area contributed by atoms with Crippen molar-refractivity contribution in [1.29, 1.82) is 0 Å². The lowest BCUT2D eigenvalue weighted by molar-refractivity contribution is 0.290. The monoisotopic (exact) mass is 292 g/mol. The molecule has 116 valence electrons. The van der Waals surface area contributed by atoms with Crippen LogP contribution in [0.5, 0.6) is 0 Å². The zero-order valence-corrected chi connectivity index (χ0v) is 14.4. The second-order valence-corrected chi connectivity index (χ2v) is 7.15. The van der Waals surface area contributed by atoms with Crippen molar-refractivity contribution >= 4 is 0 Å². The number of rotatable bonds is 5. The molecule has 2 rings (SSSR count). The molecule has 0 saturated heterocycles. The minimum Gasteiger partial charge on any atom is -0.0955 e. The summed E-state index contributed by atoms with van der Waals surface area (Å²) < 4.78 is 0. The highest BCUT2D eigenvalue weighted by Crippen LogP contribution is 2.40. The molecule has 0 fully saturated rings. The molecular formula is C22H28. The van der Waals surface area contributed by atoms with Gasteiger partial charge < -0.3 is 0 Å². The highest BCUT2D eigenvalue weighted by molar-refractivity contribution is 5.47. The van der Waals surface area contributed by atoms with E-state index in [1.54, 1.807) is 0 Å². The fourth-order valence-electron chi connectivity index (χ4n) is 2.81. The van der Waals surface area contributed by atoms with Crippen LogP contribution in [-0.4, -0.2) is 0 Å². The standard InChI is InChI=1S/C22H28/c1-16-7-11-20(12-8-16)15-18(3)22(5,6)19(4)21-13-9-17(2)10-14-21/h7-9,11-14,18H,2,4,10,15H2,1,3,5-6H3. The predicted molar refractivity (Wildman–Crippen MR) is 97.9 cm³/mol. The minimum absolute atomic E-state index is 0.0692. The Balaban J connectivity index is 2.11. The second-order valence-electron chi connectivity index (χ2n) is 7.15. The van der Waals surface area contributed by atoms with Gasteiger partial charge in [-0.25, -0.2) is 0 Å². The molecule has 0 heterocycles. The van der Waals surface area contributed by atoms with Crippen LogP contribution in [0.3, 0.4) is 0 Å². The van der Waals surface area contributed by atoms with E-state index < -0.39 is 0 Å². The molecule has 0 radical (unpaired) electrons. The van der Waals surface area contributed by atoms with Crippen LogP contribution in [0.2, 0.25) is 0 Å². The van der Waals surface area contributed by atoms with Crippen molar-refractivity contribution < 1.29 is 0 Å². The molecule has 0 N–H and O–H groups in total. The van der Waals surface area contributed by atoms with Gasteiger partial charge in [-0.15, -0.1) is 0 Å². The summed E-state index contributed by atoms with van der Waals surface area (Å²) >= 11 is 0. The summed E-state index contributed by atoms with van der Waals surface area (Å²) in [5.41, 5.74) is 6.46. The second kappa shape index (κ2) is 6.52. The van der Waals surface area contributed by atoms with E-state index in [1.807, 2.05) is 0 Å². The normalized spacial score (nSPS) is 16.4. The van der Waals surface area contributed by atoms with Crippen LogP contribution < -0.4 is 0 Å². The first-order valence-electron chi connectivity index (χ1n) is 8.12. The van der Waals surface area contributed by atoms with E-state index >= 15 is 0 Å². The van der Waals surface area contributed by atoms with Gasteiger partial charge in [0.1, 0.15) is 0 Å². The van der Waals surface area contributed by atoms with Gasteiger partial charge in [0.2, 0.25) is 0 Å². The van der Waals surface area contributed by atoms with Gasteiger partial charge in [0.25, 0.3) is 0 Å². The number of allylic oxidation sites excluding steroid dienone is 6. The van der Waals surface area contributed by atoms with E-state index in [0.717, 1.165) is 12.8 Å². The van der Waals surface area contributed by atoms with E-state index in [-0.39, 0.29) is 5.41 Å². The van der Waals surface area contributed by atoms with E-state index in [9.17, 15) is 0 Å². The Morgan fingerprint density at radius 3 is 2.36 bits per heavy atom. The van der Waals surface area contributed by atoms with Crippen LogP contribution >= 0.6 is 0 Å². The number of benzene rings is 1. The number of aryl methyl sites for hydroxylation is 1. The number of hydrogen-bond acceptors (Lipinski definition) is 0. The van der Waals surface area contributed by atoms with Gasteiger partial charge in [0.05, 0.1) is 0 Å². The zero-order chi connectivity index (χ0) is 16.3. The minimum atomic E-state index is 0.0692. The molecular weight excluding hydrogens is 264 g/mol. The molecule has 1 aliphatic carbocycles. The Kier molecular flexibility index (Phi) is 4.90. The highest BCUT2D eigenvalue weighted by Gasteiger charge is 2.30. The summed E-state index contributed by atoms with van der Waals surface area (Å²) in [6.07, 6.45) is 8.55. The Hall–Kier alpha value is -1.82.